The molecule has 1 aliphatic heterocycles. The van der Waals surface area contributed by atoms with E-state index in [2.05, 4.69) is 45.8 Å². The molecule has 1 aliphatic rings. The lowest BCUT2D eigenvalue weighted by molar-refractivity contribution is 0.328. The number of hydrogen-bond donors (Lipinski definition) is 2. The predicted octanol–water partition coefficient (Wildman–Crippen LogP) is 4.47. The van der Waals surface area contributed by atoms with Crippen LogP contribution in [0.2, 0.25) is 5.02 Å². The molecule has 2 N–H and O–H groups in total. The number of hydrogen-bond acceptors (Lipinski definition) is 3. The molecule has 2 heterocycles. The van der Waals surface area contributed by atoms with Crippen LogP contribution in [0.5, 0.6) is 0 Å². The molecular formula is C19H19ClN4. The van der Waals surface area contributed by atoms with E-state index in [1.165, 1.54) is 16.6 Å². The van der Waals surface area contributed by atoms with Crippen molar-refractivity contribution in [1.82, 2.24) is 15.4 Å². The molecule has 5 heteroatoms. The Kier molecular flexibility index (Phi) is 3.82. The van der Waals surface area contributed by atoms with Crippen LogP contribution in [0, 0.1) is 0 Å². The van der Waals surface area contributed by atoms with Crippen molar-refractivity contribution >= 4 is 28.2 Å². The van der Waals surface area contributed by atoms with Crippen LogP contribution in [0.25, 0.3) is 10.9 Å². The highest BCUT2D eigenvalue weighted by Crippen LogP contribution is 2.25. The first-order chi connectivity index (χ1) is 11.7. The van der Waals surface area contributed by atoms with Gasteiger partial charge < -0.3 is 4.98 Å². The summed E-state index contributed by atoms with van der Waals surface area (Å²) in [6.45, 7) is 2.99. The molecule has 1 aromatic heterocycles. The Morgan fingerprint density at radius 2 is 1.92 bits per heavy atom. The molecule has 0 bridgehead atoms. The molecule has 4 nitrogen and oxygen atoms in total. The third-order valence-corrected chi connectivity index (χ3v) is 4.60. The molecule has 0 amide bonds. The Morgan fingerprint density at radius 3 is 2.75 bits per heavy atom. The fourth-order valence-corrected chi connectivity index (χ4v) is 3.27. The molecule has 0 unspecified atom stereocenters. The molecule has 122 valence electrons. The maximum atomic E-state index is 6.15. The van der Waals surface area contributed by atoms with Crippen LogP contribution in [0.1, 0.15) is 12.5 Å². The van der Waals surface area contributed by atoms with Gasteiger partial charge in [0.05, 0.1) is 11.4 Å². The summed E-state index contributed by atoms with van der Waals surface area (Å²) < 4.78 is 0. The highest BCUT2D eigenvalue weighted by atomic mass is 35.5. The van der Waals surface area contributed by atoms with Crippen molar-refractivity contribution in [2.75, 3.05) is 11.7 Å². The summed E-state index contributed by atoms with van der Waals surface area (Å²) in [6.07, 6.45) is 5.03. The van der Waals surface area contributed by atoms with Crippen LogP contribution in [0.3, 0.4) is 0 Å². The van der Waals surface area contributed by atoms with E-state index in [1.807, 2.05) is 42.6 Å². The van der Waals surface area contributed by atoms with Gasteiger partial charge in [-0.2, -0.15) is 5.12 Å². The number of rotatable bonds is 4. The van der Waals surface area contributed by atoms with E-state index in [1.54, 1.807) is 0 Å². The molecule has 3 aromatic rings. The monoisotopic (exact) mass is 338 g/mol. The van der Waals surface area contributed by atoms with E-state index in [4.69, 9.17) is 11.6 Å². The number of anilines is 1. The zero-order valence-electron chi connectivity index (χ0n) is 13.5. The molecule has 24 heavy (non-hydrogen) atoms. The molecular weight excluding hydrogens is 320 g/mol. The third kappa shape index (κ3) is 2.69. The summed E-state index contributed by atoms with van der Waals surface area (Å²) in [5.74, 6) is 0. The van der Waals surface area contributed by atoms with Crippen molar-refractivity contribution in [3.05, 3.63) is 77.2 Å². The molecule has 0 saturated heterocycles. The SMILES string of the molecule is CC1=CNN(c2ccccc2)N1CCc1c[nH]c2ccc(Cl)cc12. The quantitative estimate of drug-likeness (QED) is 0.736. The number of H-pyrrole nitrogens is 1. The van der Waals surface area contributed by atoms with E-state index in [9.17, 15) is 0 Å². The normalized spacial score (nSPS) is 14.2. The van der Waals surface area contributed by atoms with Gasteiger partial charge >= 0.3 is 0 Å². The second-order valence-electron chi connectivity index (χ2n) is 5.94. The second kappa shape index (κ2) is 6.13. The highest BCUT2D eigenvalue weighted by molar-refractivity contribution is 6.31. The van der Waals surface area contributed by atoms with Gasteiger partial charge in [-0.15, -0.1) is 0 Å². The second-order valence-corrected chi connectivity index (χ2v) is 6.38. The number of benzene rings is 2. The lowest BCUT2D eigenvalue weighted by Gasteiger charge is -2.32. The van der Waals surface area contributed by atoms with Crippen molar-refractivity contribution in [2.45, 2.75) is 13.3 Å². The molecule has 0 atom stereocenters. The Balaban J connectivity index is 1.55. The van der Waals surface area contributed by atoms with Gasteiger partial charge in [-0.25, -0.2) is 0 Å². The van der Waals surface area contributed by atoms with Crippen LogP contribution in [-0.2, 0) is 6.42 Å². The highest BCUT2D eigenvalue weighted by Gasteiger charge is 2.21. The molecule has 2 aromatic carbocycles. The van der Waals surface area contributed by atoms with Crippen LogP contribution in [-0.4, -0.2) is 16.5 Å². The van der Waals surface area contributed by atoms with E-state index >= 15 is 0 Å². The lowest BCUT2D eigenvalue weighted by atomic mass is 10.1. The maximum absolute atomic E-state index is 6.15. The molecule has 0 radical (unpaired) electrons. The third-order valence-electron chi connectivity index (χ3n) is 4.37. The average molecular weight is 339 g/mol. The Morgan fingerprint density at radius 1 is 1.08 bits per heavy atom. The van der Waals surface area contributed by atoms with Gasteiger partial charge in [0.2, 0.25) is 0 Å². The minimum absolute atomic E-state index is 0.771. The average Bonchev–Trinajstić information content (AvgIpc) is 3.17. The summed E-state index contributed by atoms with van der Waals surface area (Å²) in [7, 11) is 0. The molecule has 4 rings (SSSR count). The Hall–Kier alpha value is -2.59. The first-order valence-electron chi connectivity index (χ1n) is 8.03. The standard InChI is InChI=1S/C19H19ClN4/c1-14-12-22-24(17-5-3-2-4-6-17)23(14)10-9-15-13-21-19-8-7-16(20)11-18(15)19/h2-8,11-13,21-22H,9-10H2,1H3. The van der Waals surface area contributed by atoms with E-state index < -0.39 is 0 Å². The molecule has 0 spiro atoms. The minimum Gasteiger partial charge on any atom is -0.361 e. The number of allylic oxidation sites excluding steroid dienone is 1. The Bertz CT molecular complexity index is 885. The number of hydrazine groups is 2. The van der Waals surface area contributed by atoms with Gasteiger partial charge in [0.15, 0.2) is 0 Å². The Labute approximate surface area is 146 Å². The lowest BCUT2D eigenvalue weighted by Crippen LogP contribution is -2.43. The van der Waals surface area contributed by atoms with Crippen LogP contribution < -0.4 is 10.5 Å². The van der Waals surface area contributed by atoms with Crippen molar-refractivity contribution < 1.29 is 0 Å². The first kappa shape index (κ1) is 15.0. The van der Waals surface area contributed by atoms with Crippen LogP contribution in [0.15, 0.2) is 66.6 Å². The summed E-state index contributed by atoms with van der Waals surface area (Å²) in [4.78, 5) is 3.32. The van der Waals surface area contributed by atoms with Crippen molar-refractivity contribution in [1.29, 1.82) is 0 Å². The zero-order valence-corrected chi connectivity index (χ0v) is 14.2. The van der Waals surface area contributed by atoms with Gasteiger partial charge in [0.1, 0.15) is 0 Å². The minimum atomic E-state index is 0.771. The van der Waals surface area contributed by atoms with Gasteiger partial charge in [0, 0.05) is 34.9 Å². The van der Waals surface area contributed by atoms with E-state index in [0.29, 0.717) is 0 Å². The number of fused-ring (bicyclic) bond motifs is 1. The summed E-state index contributed by atoms with van der Waals surface area (Å²) in [5, 5.41) is 6.30. The fraction of sp³-hybridized carbons (Fsp3) is 0.158. The molecule has 0 fully saturated rings. The van der Waals surface area contributed by atoms with Crippen LogP contribution in [0.4, 0.5) is 5.69 Å². The topological polar surface area (TPSA) is 34.3 Å². The fourth-order valence-electron chi connectivity index (χ4n) is 3.10. The first-order valence-corrected chi connectivity index (χ1v) is 8.41. The number of nitrogens with zero attached hydrogens (tertiary/aromatic N) is 2. The molecule has 0 saturated carbocycles. The van der Waals surface area contributed by atoms with Crippen molar-refractivity contribution in [2.24, 2.45) is 0 Å². The van der Waals surface area contributed by atoms with E-state index in [0.717, 1.165) is 29.2 Å². The number of para-hydroxylation sites is 1. The van der Waals surface area contributed by atoms with Crippen LogP contribution >= 0.6 is 11.6 Å². The van der Waals surface area contributed by atoms with Crippen molar-refractivity contribution in [3.63, 3.8) is 0 Å². The van der Waals surface area contributed by atoms with Gasteiger partial charge in [0.25, 0.3) is 0 Å². The summed E-state index contributed by atoms with van der Waals surface area (Å²) in [6, 6.07) is 16.3. The predicted molar refractivity (Wildman–Crippen MR) is 99.5 cm³/mol. The maximum Gasteiger partial charge on any atom is 0.0813 e. The number of halogens is 1. The van der Waals surface area contributed by atoms with Gasteiger partial charge in [-0.3, -0.25) is 10.4 Å². The smallest absolute Gasteiger partial charge is 0.0813 e. The van der Waals surface area contributed by atoms with Crippen molar-refractivity contribution in [3.8, 4) is 0 Å². The number of aromatic amines is 1. The number of nitrogens with one attached hydrogen (secondary N) is 2. The molecule has 0 aliphatic carbocycles. The summed E-state index contributed by atoms with van der Waals surface area (Å²) in [5.41, 5.74) is 8.03. The zero-order chi connectivity index (χ0) is 16.5. The largest absolute Gasteiger partial charge is 0.361 e. The van der Waals surface area contributed by atoms with Gasteiger partial charge in [-0.05, 0) is 49.2 Å². The van der Waals surface area contributed by atoms with Gasteiger partial charge in [-0.1, -0.05) is 29.8 Å². The number of aromatic nitrogens is 1. The summed E-state index contributed by atoms with van der Waals surface area (Å²) >= 11 is 6.15. The van der Waals surface area contributed by atoms with E-state index in [-0.39, 0.29) is 0 Å².